The SMILES string of the molecule is C/C=C/C(=O)N1CCC(CN2CCNCC2)C1. The third-order valence-corrected chi connectivity index (χ3v) is 3.63. The molecule has 0 aromatic rings. The number of hydrogen-bond acceptors (Lipinski definition) is 3. The molecule has 2 aliphatic heterocycles. The molecule has 96 valence electrons. The van der Waals surface area contributed by atoms with Gasteiger partial charge in [-0.25, -0.2) is 0 Å². The van der Waals surface area contributed by atoms with Gasteiger partial charge in [0.2, 0.25) is 5.91 Å². The highest BCUT2D eigenvalue weighted by molar-refractivity contribution is 5.87. The van der Waals surface area contributed by atoms with Gasteiger partial charge in [0.15, 0.2) is 0 Å². The quantitative estimate of drug-likeness (QED) is 0.718. The van der Waals surface area contributed by atoms with Gasteiger partial charge in [0.25, 0.3) is 0 Å². The summed E-state index contributed by atoms with van der Waals surface area (Å²) in [6, 6.07) is 0. The Morgan fingerprint density at radius 3 is 2.82 bits per heavy atom. The summed E-state index contributed by atoms with van der Waals surface area (Å²) in [6.07, 6.45) is 4.66. The lowest BCUT2D eigenvalue weighted by atomic mass is 10.1. The molecule has 0 spiro atoms. The van der Waals surface area contributed by atoms with Crippen LogP contribution in [0.15, 0.2) is 12.2 Å². The van der Waals surface area contributed by atoms with Crippen molar-refractivity contribution in [3.05, 3.63) is 12.2 Å². The van der Waals surface area contributed by atoms with E-state index in [0.717, 1.165) is 52.2 Å². The highest BCUT2D eigenvalue weighted by atomic mass is 16.2. The maximum atomic E-state index is 11.7. The van der Waals surface area contributed by atoms with Crippen molar-refractivity contribution in [2.24, 2.45) is 5.92 Å². The molecule has 2 heterocycles. The lowest BCUT2D eigenvalue weighted by molar-refractivity contribution is -0.125. The van der Waals surface area contributed by atoms with E-state index < -0.39 is 0 Å². The summed E-state index contributed by atoms with van der Waals surface area (Å²) in [4.78, 5) is 16.2. The Bertz CT molecular complexity index is 284. The number of allylic oxidation sites excluding steroid dienone is 1. The van der Waals surface area contributed by atoms with Crippen molar-refractivity contribution in [1.82, 2.24) is 15.1 Å². The maximum Gasteiger partial charge on any atom is 0.246 e. The van der Waals surface area contributed by atoms with Crippen molar-refractivity contribution in [3.8, 4) is 0 Å². The van der Waals surface area contributed by atoms with Crippen LogP contribution in [0.4, 0.5) is 0 Å². The largest absolute Gasteiger partial charge is 0.339 e. The molecule has 0 aromatic heterocycles. The van der Waals surface area contributed by atoms with Gasteiger partial charge in [-0.05, 0) is 25.3 Å². The fraction of sp³-hybridized carbons (Fsp3) is 0.769. The van der Waals surface area contributed by atoms with Crippen LogP contribution in [0.1, 0.15) is 13.3 Å². The molecule has 2 fully saturated rings. The van der Waals surface area contributed by atoms with Crippen molar-refractivity contribution in [3.63, 3.8) is 0 Å². The van der Waals surface area contributed by atoms with Gasteiger partial charge in [-0.15, -0.1) is 0 Å². The van der Waals surface area contributed by atoms with Crippen LogP contribution in [0.2, 0.25) is 0 Å². The predicted molar refractivity (Wildman–Crippen MR) is 68.8 cm³/mol. The second kappa shape index (κ2) is 6.17. The second-order valence-electron chi connectivity index (χ2n) is 4.99. The number of carbonyl (C=O) groups excluding carboxylic acids is 1. The summed E-state index contributed by atoms with van der Waals surface area (Å²) < 4.78 is 0. The summed E-state index contributed by atoms with van der Waals surface area (Å²) in [6.45, 7) is 9.43. The Morgan fingerprint density at radius 1 is 1.35 bits per heavy atom. The van der Waals surface area contributed by atoms with E-state index in [1.807, 2.05) is 17.9 Å². The monoisotopic (exact) mass is 237 g/mol. The van der Waals surface area contributed by atoms with E-state index in [9.17, 15) is 4.79 Å². The molecule has 1 amide bonds. The smallest absolute Gasteiger partial charge is 0.246 e. The average molecular weight is 237 g/mol. The van der Waals surface area contributed by atoms with E-state index in [4.69, 9.17) is 0 Å². The third-order valence-electron chi connectivity index (χ3n) is 3.63. The lowest BCUT2D eigenvalue weighted by Gasteiger charge is -2.29. The minimum atomic E-state index is 0.176. The van der Waals surface area contributed by atoms with E-state index in [1.165, 1.54) is 0 Å². The highest BCUT2D eigenvalue weighted by Gasteiger charge is 2.26. The number of hydrogen-bond donors (Lipinski definition) is 1. The molecule has 1 unspecified atom stereocenters. The number of carbonyl (C=O) groups is 1. The Balaban J connectivity index is 1.75. The molecule has 4 nitrogen and oxygen atoms in total. The number of likely N-dealkylation sites (tertiary alicyclic amines) is 1. The van der Waals surface area contributed by atoms with Crippen LogP contribution >= 0.6 is 0 Å². The third kappa shape index (κ3) is 3.54. The van der Waals surface area contributed by atoms with E-state index in [1.54, 1.807) is 6.08 Å². The van der Waals surface area contributed by atoms with Gasteiger partial charge in [-0.3, -0.25) is 4.79 Å². The van der Waals surface area contributed by atoms with Crippen molar-refractivity contribution in [2.45, 2.75) is 13.3 Å². The van der Waals surface area contributed by atoms with Crippen LogP contribution in [-0.2, 0) is 4.79 Å². The zero-order valence-electron chi connectivity index (χ0n) is 10.7. The molecule has 2 saturated heterocycles. The van der Waals surface area contributed by atoms with Gasteiger partial charge >= 0.3 is 0 Å². The van der Waals surface area contributed by atoms with Crippen LogP contribution in [0.25, 0.3) is 0 Å². The molecular formula is C13H23N3O. The van der Waals surface area contributed by atoms with E-state index in [0.29, 0.717) is 5.92 Å². The van der Waals surface area contributed by atoms with E-state index >= 15 is 0 Å². The summed E-state index contributed by atoms with van der Waals surface area (Å²) >= 11 is 0. The molecular weight excluding hydrogens is 214 g/mol. The van der Waals surface area contributed by atoms with Crippen molar-refractivity contribution < 1.29 is 4.79 Å². The predicted octanol–water partition coefficient (Wildman–Crippen LogP) is 0.316. The molecule has 1 atom stereocenters. The fourth-order valence-corrected chi connectivity index (χ4v) is 2.69. The van der Waals surface area contributed by atoms with E-state index in [2.05, 4.69) is 10.2 Å². The summed E-state index contributed by atoms with van der Waals surface area (Å²) in [5, 5.41) is 3.37. The molecule has 2 rings (SSSR count). The molecule has 0 saturated carbocycles. The maximum absolute atomic E-state index is 11.7. The molecule has 0 radical (unpaired) electrons. The molecule has 17 heavy (non-hydrogen) atoms. The number of nitrogens with zero attached hydrogens (tertiary/aromatic N) is 2. The zero-order valence-corrected chi connectivity index (χ0v) is 10.7. The topological polar surface area (TPSA) is 35.6 Å². The van der Waals surface area contributed by atoms with Crippen molar-refractivity contribution in [1.29, 1.82) is 0 Å². The summed E-state index contributed by atoms with van der Waals surface area (Å²) in [5.74, 6) is 0.845. The normalized spacial score (nSPS) is 26.9. The first-order valence-corrected chi connectivity index (χ1v) is 6.64. The number of piperazine rings is 1. The van der Waals surface area contributed by atoms with Gasteiger partial charge in [0.05, 0.1) is 0 Å². The molecule has 2 aliphatic rings. The Kier molecular flexibility index (Phi) is 4.57. The molecule has 4 heteroatoms. The van der Waals surface area contributed by atoms with Gasteiger partial charge in [-0.2, -0.15) is 0 Å². The molecule has 0 bridgehead atoms. The standard InChI is InChI=1S/C13H23N3O/c1-2-3-13(17)16-7-4-12(11-16)10-15-8-5-14-6-9-15/h2-3,12,14H,4-11H2,1H3/b3-2+. The Labute approximate surface area is 104 Å². The first-order valence-electron chi connectivity index (χ1n) is 6.64. The average Bonchev–Trinajstić information content (AvgIpc) is 2.79. The number of rotatable bonds is 3. The fourth-order valence-electron chi connectivity index (χ4n) is 2.69. The van der Waals surface area contributed by atoms with Crippen molar-refractivity contribution in [2.75, 3.05) is 45.8 Å². The Hall–Kier alpha value is -0.870. The Morgan fingerprint density at radius 2 is 2.12 bits per heavy atom. The van der Waals surface area contributed by atoms with Gasteiger partial charge in [0.1, 0.15) is 0 Å². The first kappa shape index (κ1) is 12.6. The number of nitrogens with one attached hydrogen (secondary N) is 1. The van der Waals surface area contributed by atoms with Gasteiger partial charge in [-0.1, -0.05) is 6.08 Å². The zero-order chi connectivity index (χ0) is 12.1. The summed E-state index contributed by atoms with van der Waals surface area (Å²) in [7, 11) is 0. The highest BCUT2D eigenvalue weighted by Crippen LogP contribution is 2.18. The minimum absolute atomic E-state index is 0.176. The van der Waals surface area contributed by atoms with E-state index in [-0.39, 0.29) is 5.91 Å². The molecule has 0 aromatic carbocycles. The number of amides is 1. The van der Waals surface area contributed by atoms with Crippen LogP contribution < -0.4 is 5.32 Å². The summed E-state index contributed by atoms with van der Waals surface area (Å²) in [5.41, 5.74) is 0. The van der Waals surface area contributed by atoms with Crippen LogP contribution in [0.5, 0.6) is 0 Å². The van der Waals surface area contributed by atoms with Crippen molar-refractivity contribution >= 4 is 5.91 Å². The van der Waals surface area contributed by atoms with Gasteiger partial charge in [0, 0.05) is 45.8 Å². The molecule has 1 N–H and O–H groups in total. The second-order valence-corrected chi connectivity index (χ2v) is 4.99. The van der Waals surface area contributed by atoms with Crippen LogP contribution in [0, 0.1) is 5.92 Å². The van der Waals surface area contributed by atoms with Gasteiger partial charge < -0.3 is 15.1 Å². The molecule has 0 aliphatic carbocycles. The minimum Gasteiger partial charge on any atom is -0.339 e. The lowest BCUT2D eigenvalue weighted by Crippen LogP contribution is -2.45. The van der Waals surface area contributed by atoms with Crippen LogP contribution in [0.3, 0.4) is 0 Å². The van der Waals surface area contributed by atoms with Crippen LogP contribution in [-0.4, -0.2) is 61.5 Å². The first-order chi connectivity index (χ1) is 8.29.